The summed E-state index contributed by atoms with van der Waals surface area (Å²) in [6, 6.07) is 0. The molecular formula is C7H13. The second-order valence-electron chi connectivity index (χ2n) is 2.92. The molecule has 1 fully saturated rings. The summed E-state index contributed by atoms with van der Waals surface area (Å²) in [6.45, 7) is 4.50. The van der Waals surface area contributed by atoms with E-state index in [1.54, 1.807) is 0 Å². The minimum atomic E-state index is 0.745. The molecule has 1 rings (SSSR count). The average molecular weight is 97.2 g/mol. The summed E-state index contributed by atoms with van der Waals surface area (Å²) < 4.78 is 0. The van der Waals surface area contributed by atoms with Crippen LogP contribution in [0.2, 0.25) is 0 Å². The van der Waals surface area contributed by atoms with Crippen molar-refractivity contribution < 1.29 is 0 Å². The van der Waals surface area contributed by atoms with Gasteiger partial charge in [0.05, 0.1) is 0 Å². The maximum absolute atomic E-state index is 2.35. The van der Waals surface area contributed by atoms with Crippen LogP contribution in [0, 0.1) is 11.8 Å². The summed E-state index contributed by atoms with van der Waals surface area (Å²) in [5, 5.41) is 0. The third kappa shape index (κ3) is 1.19. The first-order chi connectivity index (χ1) is 3.27. The van der Waals surface area contributed by atoms with Crippen LogP contribution in [-0.4, -0.2) is 0 Å². The standard InChI is InChI=1S/C7H13/c1-3-4-7(2)5-6-7/h3H,4-6H2,1-2H3. The van der Waals surface area contributed by atoms with Crippen molar-refractivity contribution in [2.45, 2.75) is 33.1 Å². The summed E-state index contributed by atoms with van der Waals surface area (Å²) >= 11 is 0. The van der Waals surface area contributed by atoms with E-state index in [0.717, 1.165) is 5.41 Å². The van der Waals surface area contributed by atoms with Gasteiger partial charge in [-0.25, -0.2) is 0 Å². The van der Waals surface area contributed by atoms with E-state index < -0.39 is 0 Å². The van der Waals surface area contributed by atoms with E-state index in [9.17, 15) is 0 Å². The van der Waals surface area contributed by atoms with Crippen molar-refractivity contribution in [1.82, 2.24) is 0 Å². The van der Waals surface area contributed by atoms with Crippen LogP contribution in [-0.2, 0) is 0 Å². The molecule has 1 saturated carbocycles. The van der Waals surface area contributed by atoms with Crippen LogP contribution < -0.4 is 0 Å². The van der Waals surface area contributed by atoms with Gasteiger partial charge in [0.2, 0.25) is 0 Å². The van der Waals surface area contributed by atoms with Gasteiger partial charge in [0, 0.05) is 0 Å². The Morgan fingerprint density at radius 1 is 1.57 bits per heavy atom. The van der Waals surface area contributed by atoms with Crippen LogP contribution >= 0.6 is 0 Å². The minimum Gasteiger partial charge on any atom is -0.0622 e. The predicted molar refractivity (Wildman–Crippen MR) is 31.9 cm³/mol. The van der Waals surface area contributed by atoms with E-state index in [2.05, 4.69) is 20.3 Å². The van der Waals surface area contributed by atoms with Gasteiger partial charge < -0.3 is 0 Å². The van der Waals surface area contributed by atoms with Crippen molar-refractivity contribution in [2.75, 3.05) is 0 Å². The third-order valence-electron chi connectivity index (χ3n) is 1.80. The highest BCUT2D eigenvalue weighted by Crippen LogP contribution is 2.48. The molecule has 0 aliphatic heterocycles. The average Bonchev–Trinajstić information content (AvgIpc) is 2.22. The lowest BCUT2D eigenvalue weighted by Gasteiger charge is -2.01. The Hall–Kier alpha value is 0. The van der Waals surface area contributed by atoms with Gasteiger partial charge in [0.25, 0.3) is 0 Å². The van der Waals surface area contributed by atoms with Crippen molar-refractivity contribution in [2.24, 2.45) is 5.41 Å². The summed E-state index contributed by atoms with van der Waals surface area (Å²) in [5.74, 6) is 0. The number of hydrogen-bond acceptors (Lipinski definition) is 0. The molecule has 0 saturated heterocycles. The van der Waals surface area contributed by atoms with Crippen LogP contribution in [0.5, 0.6) is 0 Å². The summed E-state index contributed by atoms with van der Waals surface area (Å²) in [4.78, 5) is 0. The van der Waals surface area contributed by atoms with Crippen molar-refractivity contribution in [3.05, 3.63) is 6.42 Å². The summed E-state index contributed by atoms with van der Waals surface area (Å²) in [7, 11) is 0. The van der Waals surface area contributed by atoms with Gasteiger partial charge in [0.1, 0.15) is 0 Å². The first kappa shape index (κ1) is 5.14. The number of rotatable bonds is 2. The maximum Gasteiger partial charge on any atom is -0.0323 e. The molecule has 1 aliphatic carbocycles. The molecule has 0 atom stereocenters. The quantitative estimate of drug-likeness (QED) is 0.496. The zero-order valence-electron chi connectivity index (χ0n) is 5.20. The van der Waals surface area contributed by atoms with Gasteiger partial charge >= 0.3 is 0 Å². The van der Waals surface area contributed by atoms with Crippen LogP contribution in [0.15, 0.2) is 0 Å². The lowest BCUT2D eigenvalue weighted by Crippen LogP contribution is -1.89. The predicted octanol–water partition coefficient (Wildman–Crippen LogP) is 2.40. The van der Waals surface area contributed by atoms with E-state index >= 15 is 0 Å². The van der Waals surface area contributed by atoms with Crippen LogP contribution in [0.4, 0.5) is 0 Å². The third-order valence-corrected chi connectivity index (χ3v) is 1.80. The second kappa shape index (κ2) is 1.50. The Morgan fingerprint density at radius 3 is 2.29 bits per heavy atom. The van der Waals surface area contributed by atoms with Gasteiger partial charge in [-0.3, -0.25) is 0 Å². The highest BCUT2D eigenvalue weighted by molar-refractivity contribution is 4.91. The van der Waals surface area contributed by atoms with Gasteiger partial charge in [0.15, 0.2) is 0 Å². The maximum atomic E-state index is 2.35. The lowest BCUT2D eigenvalue weighted by atomic mass is 10.0. The van der Waals surface area contributed by atoms with Crippen molar-refractivity contribution >= 4 is 0 Å². The SMILES string of the molecule is C[CH]CC1(C)CC1. The first-order valence-corrected chi connectivity index (χ1v) is 3.05. The van der Waals surface area contributed by atoms with Crippen molar-refractivity contribution in [3.63, 3.8) is 0 Å². The molecule has 41 valence electrons. The van der Waals surface area contributed by atoms with Gasteiger partial charge in [-0.1, -0.05) is 13.8 Å². The van der Waals surface area contributed by atoms with E-state index in [0.29, 0.717) is 0 Å². The zero-order chi connectivity index (χ0) is 5.33. The molecule has 0 spiro atoms. The Morgan fingerprint density at radius 2 is 2.14 bits per heavy atom. The van der Waals surface area contributed by atoms with Crippen LogP contribution in [0.3, 0.4) is 0 Å². The first-order valence-electron chi connectivity index (χ1n) is 3.05. The molecule has 1 aliphatic rings. The molecular weight excluding hydrogens is 84.1 g/mol. The molecule has 0 aromatic rings. The van der Waals surface area contributed by atoms with Gasteiger partial charge in [-0.2, -0.15) is 0 Å². The fourth-order valence-corrected chi connectivity index (χ4v) is 0.910. The fraction of sp³-hybridized carbons (Fsp3) is 0.857. The molecule has 0 heteroatoms. The molecule has 7 heavy (non-hydrogen) atoms. The topological polar surface area (TPSA) is 0 Å². The van der Waals surface area contributed by atoms with Crippen molar-refractivity contribution in [1.29, 1.82) is 0 Å². The second-order valence-corrected chi connectivity index (χ2v) is 2.92. The Balaban J connectivity index is 2.13. The molecule has 0 N–H and O–H groups in total. The molecule has 0 nitrogen and oxygen atoms in total. The summed E-state index contributed by atoms with van der Waals surface area (Å²) in [6.07, 6.45) is 6.51. The highest BCUT2D eigenvalue weighted by atomic mass is 14.4. The fourth-order valence-electron chi connectivity index (χ4n) is 0.910. The van der Waals surface area contributed by atoms with Crippen molar-refractivity contribution in [3.8, 4) is 0 Å². The van der Waals surface area contributed by atoms with E-state index in [1.165, 1.54) is 19.3 Å². The van der Waals surface area contributed by atoms with E-state index in [4.69, 9.17) is 0 Å². The molecule has 0 amide bonds. The lowest BCUT2D eigenvalue weighted by molar-refractivity contribution is 0.563. The van der Waals surface area contributed by atoms with E-state index in [1.807, 2.05) is 0 Å². The molecule has 0 aromatic heterocycles. The summed E-state index contributed by atoms with van der Waals surface area (Å²) in [5.41, 5.74) is 0.745. The highest BCUT2D eigenvalue weighted by Gasteiger charge is 2.35. The molecule has 0 heterocycles. The minimum absolute atomic E-state index is 0.745. The van der Waals surface area contributed by atoms with E-state index in [-0.39, 0.29) is 0 Å². The van der Waals surface area contributed by atoms with Gasteiger partial charge in [-0.15, -0.1) is 0 Å². The molecule has 0 unspecified atom stereocenters. The smallest absolute Gasteiger partial charge is 0.0323 e. The number of hydrogen-bond donors (Lipinski definition) is 0. The normalized spacial score (nSPS) is 24.9. The molecule has 0 bridgehead atoms. The molecule has 0 aromatic carbocycles. The Labute approximate surface area is 45.9 Å². The Bertz CT molecular complexity index is 60.4. The molecule has 1 radical (unpaired) electrons. The Kier molecular flexibility index (Phi) is 1.10. The van der Waals surface area contributed by atoms with Gasteiger partial charge in [-0.05, 0) is 31.1 Å². The van der Waals surface area contributed by atoms with Crippen LogP contribution in [0.25, 0.3) is 0 Å². The largest absolute Gasteiger partial charge is 0.0622 e. The zero-order valence-corrected chi connectivity index (χ0v) is 5.20. The van der Waals surface area contributed by atoms with Crippen LogP contribution in [0.1, 0.15) is 33.1 Å². The monoisotopic (exact) mass is 97.1 g/mol.